The number of aryl methyl sites for hydroxylation is 1. The smallest absolute Gasteiger partial charge is 0.272 e. The monoisotopic (exact) mass is 442 g/mol. The Bertz CT molecular complexity index is 1250. The Balaban J connectivity index is 1.47. The molecule has 1 aliphatic heterocycles. The molecule has 158 valence electrons. The Morgan fingerprint density at radius 3 is 2.53 bits per heavy atom. The zero-order valence-corrected chi connectivity index (χ0v) is 18.0. The van der Waals surface area contributed by atoms with Gasteiger partial charge in [0, 0.05) is 18.0 Å². The van der Waals surface area contributed by atoms with Crippen molar-refractivity contribution in [1.82, 2.24) is 15.0 Å². The van der Waals surface area contributed by atoms with Gasteiger partial charge in [0.2, 0.25) is 5.88 Å². The molecule has 8 nitrogen and oxygen atoms in total. The lowest BCUT2D eigenvalue weighted by Crippen LogP contribution is -2.55. The Labute approximate surface area is 190 Å². The molecular formula is C23H18N6O2S. The van der Waals surface area contributed by atoms with E-state index in [1.54, 1.807) is 36.4 Å². The van der Waals surface area contributed by atoms with Crippen molar-refractivity contribution >= 4 is 40.4 Å². The summed E-state index contributed by atoms with van der Waals surface area (Å²) in [4.78, 5) is 32.6. The molecule has 2 fully saturated rings. The lowest BCUT2D eigenvalue weighted by atomic mass is 9.75. The topological polar surface area (TPSA) is 75.8 Å². The summed E-state index contributed by atoms with van der Waals surface area (Å²) in [5, 5.41) is 0.413. The van der Waals surface area contributed by atoms with E-state index in [4.69, 9.17) is 23.5 Å². The number of hydrogen-bond acceptors (Lipinski definition) is 6. The van der Waals surface area contributed by atoms with Gasteiger partial charge in [-0.15, -0.1) is 4.98 Å². The van der Waals surface area contributed by atoms with Crippen molar-refractivity contribution in [2.24, 2.45) is 0 Å². The molecule has 9 heteroatoms. The minimum atomic E-state index is -0.682. The molecule has 0 N–H and O–H groups in total. The van der Waals surface area contributed by atoms with Gasteiger partial charge in [0.15, 0.2) is 5.11 Å². The van der Waals surface area contributed by atoms with E-state index in [0.29, 0.717) is 33.8 Å². The Kier molecular flexibility index (Phi) is 4.79. The molecule has 5 rings (SSSR count). The first-order valence-corrected chi connectivity index (χ1v) is 10.5. The number of benzene rings is 1. The van der Waals surface area contributed by atoms with Gasteiger partial charge in [-0.2, -0.15) is 0 Å². The summed E-state index contributed by atoms with van der Waals surface area (Å²) in [6, 6.07) is 10.9. The maximum Gasteiger partial charge on any atom is 0.272 e. The lowest BCUT2D eigenvalue weighted by Gasteiger charge is -2.43. The molecule has 0 atom stereocenters. The Morgan fingerprint density at radius 2 is 1.94 bits per heavy atom. The van der Waals surface area contributed by atoms with Crippen LogP contribution < -0.4 is 14.5 Å². The number of carbonyl (C=O) groups is 1. The second-order valence-corrected chi connectivity index (χ2v) is 8.10. The minimum absolute atomic E-state index is 0.0492. The van der Waals surface area contributed by atoms with Gasteiger partial charge in [-0.1, -0.05) is 6.57 Å². The van der Waals surface area contributed by atoms with Gasteiger partial charge in [0.1, 0.15) is 23.8 Å². The number of nitrogens with zero attached hydrogens (tertiary/aromatic N) is 6. The Morgan fingerprint density at radius 1 is 1.16 bits per heavy atom. The summed E-state index contributed by atoms with van der Waals surface area (Å²) < 4.78 is 5.75. The zero-order valence-electron chi connectivity index (χ0n) is 17.2. The molecule has 2 aliphatic rings. The lowest BCUT2D eigenvalue weighted by molar-refractivity contribution is -0.123. The summed E-state index contributed by atoms with van der Waals surface area (Å²) in [6.07, 6.45) is 7.00. The molecule has 3 aromatic rings. The van der Waals surface area contributed by atoms with Crippen LogP contribution in [0.5, 0.6) is 11.6 Å². The second-order valence-electron chi connectivity index (χ2n) is 7.73. The molecule has 1 saturated heterocycles. The number of pyridine rings is 1. The van der Waals surface area contributed by atoms with Crippen LogP contribution in [0.1, 0.15) is 24.8 Å². The average Bonchev–Trinajstić information content (AvgIpc) is 3.02. The molecule has 0 radical (unpaired) electrons. The zero-order chi connectivity index (χ0) is 22.3. The van der Waals surface area contributed by atoms with E-state index in [-0.39, 0.29) is 5.91 Å². The van der Waals surface area contributed by atoms with E-state index in [9.17, 15) is 4.79 Å². The largest absolute Gasteiger partial charge is 0.439 e. The number of carbonyl (C=O) groups excluding carboxylic acids is 1. The molecule has 0 unspecified atom stereocenters. The van der Waals surface area contributed by atoms with Crippen molar-refractivity contribution in [3.63, 3.8) is 0 Å². The van der Waals surface area contributed by atoms with Gasteiger partial charge < -0.3 is 14.5 Å². The number of amides is 1. The molecule has 1 aliphatic carbocycles. The quantitative estimate of drug-likeness (QED) is 0.432. The van der Waals surface area contributed by atoms with Crippen LogP contribution in [-0.4, -0.2) is 31.5 Å². The van der Waals surface area contributed by atoms with Crippen molar-refractivity contribution in [3.05, 3.63) is 72.1 Å². The number of hydrogen-bond donors (Lipinski definition) is 0. The van der Waals surface area contributed by atoms with Crippen LogP contribution >= 0.6 is 12.2 Å². The normalized spacial score (nSPS) is 16.8. The highest BCUT2D eigenvalue weighted by Gasteiger charge is 2.59. The van der Waals surface area contributed by atoms with Crippen molar-refractivity contribution < 1.29 is 9.53 Å². The number of ether oxygens (including phenoxy) is 1. The van der Waals surface area contributed by atoms with Crippen LogP contribution in [0.3, 0.4) is 0 Å². The van der Waals surface area contributed by atoms with Crippen LogP contribution in [0, 0.1) is 13.5 Å². The first kappa shape index (κ1) is 20.0. The standard InChI is InChI=1S/C23H18N6O2S/c1-15-12-17(13-26-20(15)24-2)28-21(30)23(9-3-10-23)29(22(28)32)16-4-6-18(7-5-16)31-19-8-11-25-14-27-19/h4-8,11-14H,3,9-10H2,1H3. The number of anilines is 2. The minimum Gasteiger partial charge on any atom is -0.439 e. The molecule has 1 aromatic carbocycles. The molecule has 1 saturated carbocycles. The second kappa shape index (κ2) is 7.66. The third kappa shape index (κ3) is 3.08. The molecule has 1 spiro atoms. The maximum atomic E-state index is 13.5. The van der Waals surface area contributed by atoms with Gasteiger partial charge in [0.25, 0.3) is 11.7 Å². The highest BCUT2D eigenvalue weighted by molar-refractivity contribution is 7.81. The SMILES string of the molecule is [C-]#[N+]c1ncc(N2C(=O)C3(CCC3)N(c3ccc(Oc4ccncn4)cc3)C2=S)cc1C. The van der Waals surface area contributed by atoms with E-state index in [1.807, 2.05) is 29.2 Å². The van der Waals surface area contributed by atoms with E-state index in [1.165, 1.54) is 6.33 Å². The Hall–Kier alpha value is -3.90. The van der Waals surface area contributed by atoms with Crippen molar-refractivity contribution in [3.8, 4) is 11.6 Å². The van der Waals surface area contributed by atoms with Crippen LogP contribution in [-0.2, 0) is 4.79 Å². The first-order chi connectivity index (χ1) is 15.5. The van der Waals surface area contributed by atoms with Gasteiger partial charge in [-0.3, -0.25) is 9.69 Å². The van der Waals surface area contributed by atoms with E-state index >= 15 is 0 Å². The fraction of sp³-hybridized carbons (Fsp3) is 0.217. The summed E-state index contributed by atoms with van der Waals surface area (Å²) in [5.74, 6) is 1.34. The molecule has 0 bridgehead atoms. The predicted molar refractivity (Wildman–Crippen MR) is 123 cm³/mol. The highest BCUT2D eigenvalue weighted by atomic mass is 32.1. The summed E-state index contributed by atoms with van der Waals surface area (Å²) in [7, 11) is 0. The molecule has 32 heavy (non-hydrogen) atoms. The van der Waals surface area contributed by atoms with Gasteiger partial charge in [-0.05, 0) is 74.3 Å². The summed E-state index contributed by atoms with van der Waals surface area (Å²) >= 11 is 5.79. The van der Waals surface area contributed by atoms with E-state index in [2.05, 4.69) is 19.8 Å². The fourth-order valence-electron chi connectivity index (χ4n) is 4.12. The van der Waals surface area contributed by atoms with Crippen molar-refractivity contribution in [2.45, 2.75) is 31.7 Å². The number of thiocarbonyl (C=S) groups is 1. The molecule has 1 amide bonds. The third-order valence-electron chi connectivity index (χ3n) is 5.86. The van der Waals surface area contributed by atoms with Gasteiger partial charge in [-0.25, -0.2) is 9.97 Å². The molecule has 2 aromatic heterocycles. The average molecular weight is 443 g/mol. The van der Waals surface area contributed by atoms with Crippen LogP contribution in [0.25, 0.3) is 4.85 Å². The number of rotatable bonds is 4. The number of aromatic nitrogens is 3. The third-order valence-corrected chi connectivity index (χ3v) is 6.23. The highest BCUT2D eigenvalue weighted by Crippen LogP contribution is 2.48. The van der Waals surface area contributed by atoms with Crippen molar-refractivity contribution in [2.75, 3.05) is 9.80 Å². The van der Waals surface area contributed by atoms with Crippen LogP contribution in [0.15, 0.2) is 55.1 Å². The fourth-order valence-corrected chi connectivity index (χ4v) is 4.59. The first-order valence-electron chi connectivity index (χ1n) is 10.1. The van der Waals surface area contributed by atoms with Gasteiger partial charge >= 0.3 is 0 Å². The van der Waals surface area contributed by atoms with Crippen LogP contribution in [0.4, 0.5) is 17.2 Å². The van der Waals surface area contributed by atoms with Crippen molar-refractivity contribution in [1.29, 1.82) is 0 Å². The maximum absolute atomic E-state index is 13.5. The summed E-state index contributed by atoms with van der Waals surface area (Å²) in [6.45, 7) is 9.02. The van der Waals surface area contributed by atoms with E-state index in [0.717, 1.165) is 24.9 Å². The molecule has 3 heterocycles. The molecular weight excluding hydrogens is 424 g/mol. The van der Waals surface area contributed by atoms with Crippen LogP contribution in [0.2, 0.25) is 0 Å². The predicted octanol–water partition coefficient (Wildman–Crippen LogP) is 4.58. The van der Waals surface area contributed by atoms with E-state index < -0.39 is 5.54 Å². The van der Waals surface area contributed by atoms with Gasteiger partial charge in [0.05, 0.1) is 5.69 Å². The summed E-state index contributed by atoms with van der Waals surface area (Å²) in [5.41, 5.74) is 1.43.